The van der Waals surface area contributed by atoms with E-state index in [2.05, 4.69) is 41.4 Å². The van der Waals surface area contributed by atoms with Crippen molar-refractivity contribution in [2.75, 3.05) is 36.9 Å². The van der Waals surface area contributed by atoms with Crippen LogP contribution in [0.5, 0.6) is 0 Å². The fourth-order valence-corrected chi connectivity index (χ4v) is 5.60. The minimum atomic E-state index is -0.338. The average molecular weight is 479 g/mol. The van der Waals surface area contributed by atoms with Crippen molar-refractivity contribution >= 4 is 23.0 Å². The zero-order chi connectivity index (χ0) is 24.9. The maximum atomic E-state index is 13.1. The zero-order valence-corrected chi connectivity index (χ0v) is 21.2. The smallest absolute Gasteiger partial charge is 0.272 e. The van der Waals surface area contributed by atoms with Crippen molar-refractivity contribution in [2.45, 2.75) is 58.4 Å². The van der Waals surface area contributed by atoms with Crippen LogP contribution in [-0.2, 0) is 4.79 Å². The van der Waals surface area contributed by atoms with E-state index in [1.807, 2.05) is 18.0 Å². The number of rotatable bonds is 7. The third-order valence-corrected chi connectivity index (χ3v) is 7.76. The van der Waals surface area contributed by atoms with Crippen molar-refractivity contribution in [2.24, 2.45) is 11.8 Å². The molecule has 35 heavy (non-hydrogen) atoms. The first-order valence-corrected chi connectivity index (χ1v) is 12.9. The molecule has 0 unspecified atom stereocenters. The van der Waals surface area contributed by atoms with Gasteiger partial charge in [0.15, 0.2) is 0 Å². The summed E-state index contributed by atoms with van der Waals surface area (Å²) in [6.07, 6.45) is 6.13. The highest BCUT2D eigenvalue weighted by Gasteiger charge is 2.29. The third kappa shape index (κ3) is 6.32. The minimum Gasteiger partial charge on any atom is -0.382 e. The van der Waals surface area contributed by atoms with E-state index in [1.54, 1.807) is 19.1 Å². The lowest BCUT2D eigenvalue weighted by Gasteiger charge is -2.36. The van der Waals surface area contributed by atoms with Gasteiger partial charge in [0.25, 0.3) is 5.69 Å². The summed E-state index contributed by atoms with van der Waals surface area (Å²) in [5.74, 6) is 0.966. The highest BCUT2D eigenvalue weighted by Crippen LogP contribution is 2.30. The number of nitrogens with one attached hydrogen (secondary N) is 1. The van der Waals surface area contributed by atoms with Crippen LogP contribution in [0.4, 0.5) is 17.1 Å². The van der Waals surface area contributed by atoms with Crippen molar-refractivity contribution in [3.05, 3.63) is 63.7 Å². The fourth-order valence-electron chi connectivity index (χ4n) is 5.60. The number of carbonyl (C=O) groups is 1. The molecule has 1 saturated carbocycles. The molecular formula is C28H38N4O3. The molecule has 1 amide bonds. The van der Waals surface area contributed by atoms with Crippen molar-refractivity contribution in [3.8, 4) is 0 Å². The molecule has 7 heteroatoms. The highest BCUT2D eigenvalue weighted by molar-refractivity contribution is 5.79. The van der Waals surface area contributed by atoms with Gasteiger partial charge < -0.3 is 15.1 Å². The maximum Gasteiger partial charge on any atom is 0.272 e. The summed E-state index contributed by atoms with van der Waals surface area (Å²) in [4.78, 5) is 28.2. The second-order valence-electron chi connectivity index (χ2n) is 10.4. The number of amides is 1. The maximum absolute atomic E-state index is 13.1. The number of benzene rings is 2. The van der Waals surface area contributed by atoms with Crippen LogP contribution in [0.15, 0.2) is 42.5 Å². The van der Waals surface area contributed by atoms with Gasteiger partial charge >= 0.3 is 0 Å². The van der Waals surface area contributed by atoms with Crippen molar-refractivity contribution < 1.29 is 9.72 Å². The van der Waals surface area contributed by atoms with E-state index >= 15 is 0 Å². The Labute approximate surface area is 208 Å². The number of anilines is 2. The molecule has 1 saturated heterocycles. The van der Waals surface area contributed by atoms with Crippen LogP contribution in [0.2, 0.25) is 0 Å². The lowest BCUT2D eigenvalue weighted by molar-refractivity contribution is -0.385. The van der Waals surface area contributed by atoms with Gasteiger partial charge in [0.1, 0.15) is 0 Å². The number of carbonyl (C=O) groups excluding carboxylic acids is 1. The average Bonchev–Trinajstić information content (AvgIpc) is 2.85. The summed E-state index contributed by atoms with van der Waals surface area (Å²) in [6, 6.07) is 14.3. The largest absolute Gasteiger partial charge is 0.382 e. The lowest BCUT2D eigenvalue weighted by atomic mass is 9.85. The molecule has 0 atom stereocenters. The first kappa shape index (κ1) is 25.0. The molecule has 1 aliphatic carbocycles. The summed E-state index contributed by atoms with van der Waals surface area (Å²) in [5, 5.41) is 14.6. The highest BCUT2D eigenvalue weighted by atomic mass is 16.6. The van der Waals surface area contributed by atoms with Crippen molar-refractivity contribution in [1.29, 1.82) is 0 Å². The van der Waals surface area contributed by atoms with E-state index in [0.717, 1.165) is 63.8 Å². The second-order valence-corrected chi connectivity index (χ2v) is 10.4. The molecule has 4 rings (SSSR count). The molecule has 188 valence electrons. The zero-order valence-electron chi connectivity index (χ0n) is 21.2. The number of nitro groups is 1. The fraction of sp³-hybridized carbons (Fsp3) is 0.536. The Morgan fingerprint density at radius 2 is 1.69 bits per heavy atom. The molecule has 0 spiro atoms. The number of piperidine rings is 1. The minimum absolute atomic E-state index is 0.130. The Kier molecular flexibility index (Phi) is 7.93. The quantitative estimate of drug-likeness (QED) is 0.416. The molecule has 1 N–H and O–H groups in total. The van der Waals surface area contributed by atoms with E-state index in [9.17, 15) is 14.9 Å². The van der Waals surface area contributed by atoms with Crippen LogP contribution >= 0.6 is 0 Å². The number of hydrogen-bond acceptors (Lipinski definition) is 5. The van der Waals surface area contributed by atoms with Crippen molar-refractivity contribution in [1.82, 2.24) is 4.90 Å². The summed E-state index contributed by atoms with van der Waals surface area (Å²) in [7, 11) is 1.97. The van der Waals surface area contributed by atoms with Crippen LogP contribution in [-0.4, -0.2) is 48.5 Å². The van der Waals surface area contributed by atoms with Crippen LogP contribution in [0, 0.1) is 35.8 Å². The summed E-state index contributed by atoms with van der Waals surface area (Å²) in [6.45, 7) is 6.59. The molecule has 0 bridgehead atoms. The van der Waals surface area contributed by atoms with E-state index in [4.69, 9.17) is 0 Å². The molecule has 1 aliphatic heterocycles. The predicted octanol–water partition coefficient (Wildman–Crippen LogP) is 5.56. The van der Waals surface area contributed by atoms with Gasteiger partial charge in [0.2, 0.25) is 5.91 Å². The normalized spacial score (nSPS) is 20.9. The molecule has 2 aromatic carbocycles. The predicted molar refractivity (Wildman–Crippen MR) is 141 cm³/mol. The molecular weight excluding hydrogens is 440 g/mol. The Hall–Kier alpha value is -3.09. The Morgan fingerprint density at radius 1 is 1.03 bits per heavy atom. The first-order valence-electron chi connectivity index (χ1n) is 12.9. The van der Waals surface area contributed by atoms with Gasteiger partial charge in [-0.3, -0.25) is 14.9 Å². The topological polar surface area (TPSA) is 78.7 Å². The number of hydrogen-bond donors (Lipinski definition) is 1. The molecule has 7 nitrogen and oxygen atoms in total. The van der Waals surface area contributed by atoms with Gasteiger partial charge in [-0.15, -0.1) is 0 Å². The molecule has 1 heterocycles. The van der Waals surface area contributed by atoms with Crippen molar-refractivity contribution in [3.63, 3.8) is 0 Å². The summed E-state index contributed by atoms with van der Waals surface area (Å²) < 4.78 is 0. The number of aryl methyl sites for hydroxylation is 2. The van der Waals surface area contributed by atoms with Gasteiger partial charge in [0, 0.05) is 61.6 Å². The number of nitro benzene ring substituents is 1. The first-order chi connectivity index (χ1) is 16.8. The number of nitrogens with zero attached hydrogens (tertiary/aromatic N) is 3. The van der Waals surface area contributed by atoms with Crippen LogP contribution < -0.4 is 10.2 Å². The molecule has 2 aliphatic rings. The van der Waals surface area contributed by atoms with Gasteiger partial charge in [-0.2, -0.15) is 0 Å². The Bertz CT molecular complexity index is 1020. The van der Waals surface area contributed by atoms with E-state index in [0.29, 0.717) is 23.4 Å². The van der Waals surface area contributed by atoms with Crippen LogP contribution in [0.25, 0.3) is 0 Å². The Morgan fingerprint density at radius 3 is 2.29 bits per heavy atom. The molecule has 2 fully saturated rings. The van der Waals surface area contributed by atoms with Gasteiger partial charge in [-0.25, -0.2) is 0 Å². The second kappa shape index (κ2) is 11.1. The third-order valence-electron chi connectivity index (χ3n) is 7.76. The van der Waals surface area contributed by atoms with E-state index in [-0.39, 0.29) is 16.5 Å². The van der Waals surface area contributed by atoms with Crippen LogP contribution in [0.1, 0.15) is 49.7 Å². The van der Waals surface area contributed by atoms with Crippen LogP contribution in [0.3, 0.4) is 0 Å². The Balaban J connectivity index is 1.20. The molecule has 0 aromatic heterocycles. The lowest BCUT2D eigenvalue weighted by Crippen LogP contribution is -2.43. The molecule has 2 aromatic rings. The van der Waals surface area contributed by atoms with E-state index in [1.165, 1.54) is 11.3 Å². The van der Waals surface area contributed by atoms with Gasteiger partial charge in [0.05, 0.1) is 4.92 Å². The standard InChI is InChI=1S/C28H38N4O3/c1-20-4-11-26(12-5-20)31-16-14-23(15-17-31)28(33)30(3)19-22-6-8-24(9-7-22)29-25-10-13-27(32(34)35)21(2)18-25/h4-5,10-13,18,22-24,29H,6-9,14-17,19H2,1-3H3. The SMILES string of the molecule is Cc1ccc(N2CCC(C(=O)N(C)CC3CCC(Nc4ccc([N+](=O)[O-])c(C)c4)CC3)CC2)cc1. The summed E-state index contributed by atoms with van der Waals surface area (Å²) in [5.41, 5.74) is 4.31. The van der Waals surface area contributed by atoms with Gasteiger partial charge in [-0.1, -0.05) is 17.7 Å². The molecule has 0 radical (unpaired) electrons. The summed E-state index contributed by atoms with van der Waals surface area (Å²) >= 11 is 0. The monoisotopic (exact) mass is 478 g/mol. The van der Waals surface area contributed by atoms with Gasteiger partial charge in [-0.05, 0) is 82.6 Å². The van der Waals surface area contributed by atoms with E-state index < -0.39 is 0 Å².